The molecule has 5 rings (SSSR count). The Hall–Kier alpha value is -3.94. The van der Waals surface area contributed by atoms with Gasteiger partial charge in [-0.3, -0.25) is 0 Å². The molecule has 4 aromatic rings. The number of fused-ring (bicyclic) bond motifs is 1. The van der Waals surface area contributed by atoms with Gasteiger partial charge in [-0.25, -0.2) is 19.2 Å². The highest BCUT2D eigenvalue weighted by Gasteiger charge is 2.31. The zero-order valence-electron chi connectivity index (χ0n) is 17.5. The van der Waals surface area contributed by atoms with Gasteiger partial charge >= 0.3 is 6.03 Å². The van der Waals surface area contributed by atoms with E-state index < -0.39 is 0 Å². The average Bonchev–Trinajstić information content (AvgIpc) is 3.44. The van der Waals surface area contributed by atoms with Crippen LogP contribution in [0.1, 0.15) is 12.5 Å². The average molecular weight is 431 g/mol. The second kappa shape index (κ2) is 8.30. The van der Waals surface area contributed by atoms with Crippen molar-refractivity contribution in [1.29, 1.82) is 0 Å². The summed E-state index contributed by atoms with van der Waals surface area (Å²) in [6.07, 6.45) is 2.52. The minimum atomic E-state index is -0.387. The van der Waals surface area contributed by atoms with Crippen molar-refractivity contribution < 1.29 is 13.9 Å². The number of anilines is 1. The summed E-state index contributed by atoms with van der Waals surface area (Å²) in [6.45, 7) is 1.09. The quantitative estimate of drug-likeness (QED) is 0.507. The summed E-state index contributed by atoms with van der Waals surface area (Å²) < 4.78 is 20.8. The highest BCUT2D eigenvalue weighted by Crippen LogP contribution is 2.33. The molecule has 0 aliphatic carbocycles. The van der Waals surface area contributed by atoms with Crippen LogP contribution < -0.4 is 10.1 Å². The number of aromatic nitrogens is 3. The van der Waals surface area contributed by atoms with E-state index in [-0.39, 0.29) is 17.9 Å². The van der Waals surface area contributed by atoms with Gasteiger partial charge in [-0.2, -0.15) is 0 Å². The molecule has 0 spiro atoms. The molecule has 0 saturated carbocycles. The Kier molecular flexibility index (Phi) is 5.18. The smallest absolute Gasteiger partial charge is 0.321 e. The number of methoxy groups -OCH3 is 1. The molecule has 1 aliphatic heterocycles. The third kappa shape index (κ3) is 3.75. The lowest BCUT2D eigenvalue weighted by atomic mass is 10.2. The Bertz CT molecular complexity index is 1270. The first-order valence-corrected chi connectivity index (χ1v) is 10.4. The van der Waals surface area contributed by atoms with Gasteiger partial charge in [0, 0.05) is 30.5 Å². The van der Waals surface area contributed by atoms with Crippen molar-refractivity contribution in [1.82, 2.24) is 19.4 Å². The number of likely N-dealkylation sites (tertiary alicyclic amines) is 1. The number of nitrogens with one attached hydrogen (secondary N) is 1. The lowest BCUT2D eigenvalue weighted by Gasteiger charge is -2.19. The van der Waals surface area contributed by atoms with E-state index in [4.69, 9.17) is 9.72 Å². The van der Waals surface area contributed by atoms with Crippen molar-refractivity contribution in [3.63, 3.8) is 0 Å². The Morgan fingerprint density at radius 3 is 2.78 bits per heavy atom. The third-order valence-electron chi connectivity index (χ3n) is 5.69. The summed E-state index contributed by atoms with van der Waals surface area (Å²) >= 11 is 0. The molecule has 7 nitrogen and oxygen atoms in total. The SMILES string of the molecule is COc1ccc(-c2nc3cccnc3n2[C@H]2CCN(C(=O)Nc3cccc(F)c3)C2)cc1. The number of ether oxygens (including phenoxy) is 1. The number of nitrogens with zero attached hydrogens (tertiary/aromatic N) is 4. The number of hydrogen-bond donors (Lipinski definition) is 1. The van der Waals surface area contributed by atoms with Crippen molar-refractivity contribution in [2.75, 3.05) is 25.5 Å². The molecule has 32 heavy (non-hydrogen) atoms. The first-order valence-electron chi connectivity index (χ1n) is 10.4. The minimum absolute atomic E-state index is 0.0188. The van der Waals surface area contributed by atoms with Gasteiger partial charge in [0.05, 0.1) is 13.2 Å². The first kappa shape index (κ1) is 20.0. The number of hydrogen-bond acceptors (Lipinski definition) is 4. The van der Waals surface area contributed by atoms with Crippen LogP contribution in [0, 0.1) is 5.82 Å². The summed E-state index contributed by atoms with van der Waals surface area (Å²) in [7, 11) is 1.64. The van der Waals surface area contributed by atoms with E-state index in [0.717, 1.165) is 34.7 Å². The molecule has 1 aliphatic rings. The van der Waals surface area contributed by atoms with Crippen LogP contribution in [0.5, 0.6) is 5.75 Å². The zero-order chi connectivity index (χ0) is 22.1. The molecule has 1 atom stereocenters. The highest BCUT2D eigenvalue weighted by molar-refractivity contribution is 5.89. The van der Waals surface area contributed by atoms with E-state index in [2.05, 4.69) is 14.9 Å². The van der Waals surface area contributed by atoms with E-state index >= 15 is 0 Å². The summed E-state index contributed by atoms with van der Waals surface area (Å²) in [5.74, 6) is 1.19. The minimum Gasteiger partial charge on any atom is -0.497 e. The van der Waals surface area contributed by atoms with Gasteiger partial charge in [-0.15, -0.1) is 0 Å². The van der Waals surface area contributed by atoms with Crippen LogP contribution in [0.3, 0.4) is 0 Å². The third-order valence-corrected chi connectivity index (χ3v) is 5.69. The molecule has 1 saturated heterocycles. The van der Waals surface area contributed by atoms with Crippen molar-refractivity contribution in [2.45, 2.75) is 12.5 Å². The fourth-order valence-corrected chi connectivity index (χ4v) is 4.13. The molecule has 0 radical (unpaired) electrons. The van der Waals surface area contributed by atoms with Gasteiger partial charge in [0.1, 0.15) is 22.9 Å². The van der Waals surface area contributed by atoms with Crippen LogP contribution in [0.25, 0.3) is 22.6 Å². The molecule has 2 amide bonds. The van der Waals surface area contributed by atoms with E-state index in [1.165, 1.54) is 12.1 Å². The molecule has 8 heteroatoms. The monoisotopic (exact) mass is 431 g/mol. The molecular weight excluding hydrogens is 409 g/mol. The second-order valence-corrected chi connectivity index (χ2v) is 7.71. The molecule has 0 unspecified atom stereocenters. The number of carbonyl (C=O) groups excluding carboxylic acids is 1. The van der Waals surface area contributed by atoms with Crippen molar-refractivity contribution in [3.8, 4) is 17.1 Å². The van der Waals surface area contributed by atoms with Crippen LogP contribution in [0.2, 0.25) is 0 Å². The van der Waals surface area contributed by atoms with Gasteiger partial charge in [-0.05, 0) is 61.0 Å². The topological polar surface area (TPSA) is 72.3 Å². The highest BCUT2D eigenvalue weighted by atomic mass is 19.1. The van der Waals surface area contributed by atoms with Crippen LogP contribution in [-0.4, -0.2) is 45.7 Å². The lowest BCUT2D eigenvalue weighted by Crippen LogP contribution is -2.33. The molecular formula is C24H22FN5O2. The summed E-state index contributed by atoms with van der Waals surface area (Å²) in [5, 5.41) is 2.78. The number of imidazole rings is 1. The number of amides is 2. The molecule has 162 valence electrons. The van der Waals surface area contributed by atoms with Gasteiger partial charge < -0.3 is 19.5 Å². The maximum absolute atomic E-state index is 13.5. The predicted molar refractivity (Wildman–Crippen MR) is 120 cm³/mol. The van der Waals surface area contributed by atoms with Crippen LogP contribution in [0.4, 0.5) is 14.9 Å². The molecule has 0 bridgehead atoms. The number of pyridine rings is 1. The van der Waals surface area contributed by atoms with E-state index in [0.29, 0.717) is 18.8 Å². The fraction of sp³-hybridized carbons (Fsp3) is 0.208. The summed E-state index contributed by atoms with van der Waals surface area (Å²) in [4.78, 5) is 23.9. The molecule has 1 N–H and O–H groups in total. The normalized spacial score (nSPS) is 15.8. The van der Waals surface area contributed by atoms with Gasteiger partial charge in [0.15, 0.2) is 5.65 Å². The molecule has 2 aromatic heterocycles. The number of carbonyl (C=O) groups is 1. The van der Waals surface area contributed by atoms with Crippen LogP contribution in [-0.2, 0) is 0 Å². The largest absolute Gasteiger partial charge is 0.497 e. The summed E-state index contributed by atoms with van der Waals surface area (Å²) in [6, 6.07) is 17.2. The second-order valence-electron chi connectivity index (χ2n) is 7.71. The Balaban J connectivity index is 1.43. The predicted octanol–water partition coefficient (Wildman–Crippen LogP) is 4.72. The van der Waals surface area contributed by atoms with Crippen LogP contribution in [0.15, 0.2) is 66.9 Å². The van der Waals surface area contributed by atoms with Crippen molar-refractivity contribution >= 4 is 22.9 Å². The van der Waals surface area contributed by atoms with E-state index in [1.54, 1.807) is 30.3 Å². The van der Waals surface area contributed by atoms with Crippen molar-refractivity contribution in [3.05, 3.63) is 72.7 Å². The number of benzene rings is 2. The Morgan fingerprint density at radius 1 is 1.16 bits per heavy atom. The standard InChI is InChI=1S/C24H22FN5O2/c1-32-20-9-7-16(8-10-20)22-28-21-6-3-12-26-23(21)30(22)19-11-13-29(15-19)24(31)27-18-5-2-4-17(25)14-18/h2-10,12,14,19H,11,13,15H2,1H3,(H,27,31)/t19-/m0/s1. The number of rotatable bonds is 4. The fourth-order valence-electron chi connectivity index (χ4n) is 4.13. The van der Waals surface area contributed by atoms with Crippen LogP contribution >= 0.6 is 0 Å². The van der Waals surface area contributed by atoms with Gasteiger partial charge in [0.25, 0.3) is 0 Å². The van der Waals surface area contributed by atoms with E-state index in [1.807, 2.05) is 36.4 Å². The number of urea groups is 1. The van der Waals surface area contributed by atoms with Gasteiger partial charge in [-0.1, -0.05) is 6.07 Å². The maximum atomic E-state index is 13.5. The lowest BCUT2D eigenvalue weighted by molar-refractivity contribution is 0.221. The molecule has 1 fully saturated rings. The first-order chi connectivity index (χ1) is 15.6. The Morgan fingerprint density at radius 2 is 2.00 bits per heavy atom. The Labute approximate surface area is 184 Å². The molecule has 3 heterocycles. The number of halogens is 1. The van der Waals surface area contributed by atoms with Gasteiger partial charge in [0.2, 0.25) is 0 Å². The maximum Gasteiger partial charge on any atom is 0.321 e. The zero-order valence-corrected chi connectivity index (χ0v) is 17.5. The molecule has 2 aromatic carbocycles. The van der Waals surface area contributed by atoms with E-state index in [9.17, 15) is 9.18 Å². The van der Waals surface area contributed by atoms with Crippen molar-refractivity contribution in [2.24, 2.45) is 0 Å². The summed E-state index contributed by atoms with van der Waals surface area (Å²) in [5.41, 5.74) is 2.98.